The molecule has 0 saturated carbocycles. The third-order valence-corrected chi connectivity index (χ3v) is 4.27. The lowest BCUT2D eigenvalue weighted by Crippen LogP contribution is -2.11. The maximum absolute atomic E-state index is 13.9. The first-order valence-electron chi connectivity index (χ1n) is 8.31. The van der Waals surface area contributed by atoms with Gasteiger partial charge in [0.1, 0.15) is 5.82 Å². The van der Waals surface area contributed by atoms with Crippen molar-refractivity contribution in [3.8, 4) is 0 Å². The summed E-state index contributed by atoms with van der Waals surface area (Å²) in [6.45, 7) is 2.46. The molecule has 3 heteroatoms. The molecule has 126 valence electrons. The number of Topliss-reactive ketones (excluding diaryl/α,β-unsaturated/α-hetero) is 1. The van der Waals surface area contributed by atoms with Crippen LogP contribution in [0, 0.1) is 5.82 Å². The van der Waals surface area contributed by atoms with Crippen molar-refractivity contribution in [2.24, 2.45) is 0 Å². The number of hydrogen-bond donors (Lipinski definition) is 1. The van der Waals surface area contributed by atoms with Gasteiger partial charge in [-0.15, -0.1) is 0 Å². The van der Waals surface area contributed by atoms with Crippen molar-refractivity contribution >= 4 is 11.5 Å². The highest BCUT2D eigenvalue weighted by Crippen LogP contribution is 2.23. The Kier molecular flexibility index (Phi) is 5.24. The Morgan fingerprint density at radius 3 is 2.24 bits per heavy atom. The van der Waals surface area contributed by atoms with Crippen LogP contribution in [0.15, 0.2) is 78.9 Å². The predicted octanol–water partition coefficient (Wildman–Crippen LogP) is 5.42. The Balaban J connectivity index is 1.67. The van der Waals surface area contributed by atoms with E-state index in [2.05, 4.69) is 17.4 Å². The van der Waals surface area contributed by atoms with Crippen LogP contribution in [-0.4, -0.2) is 5.78 Å². The second-order valence-corrected chi connectivity index (χ2v) is 6.02. The molecule has 1 atom stereocenters. The van der Waals surface area contributed by atoms with Gasteiger partial charge in [-0.1, -0.05) is 55.5 Å². The molecule has 0 aliphatic rings. The smallest absolute Gasteiger partial charge is 0.170 e. The summed E-state index contributed by atoms with van der Waals surface area (Å²) in [5.74, 6) is -0.937. The van der Waals surface area contributed by atoms with E-state index in [1.807, 2.05) is 30.3 Å². The molecular weight excluding hydrogens is 313 g/mol. The summed E-state index contributed by atoms with van der Waals surface area (Å²) in [4.78, 5) is 12.6. The van der Waals surface area contributed by atoms with Gasteiger partial charge < -0.3 is 5.32 Å². The minimum atomic E-state index is -0.510. The van der Waals surface area contributed by atoms with Gasteiger partial charge in [0.15, 0.2) is 5.78 Å². The standard InChI is InChI=1S/C22H20FNO/c1-16(20-9-5-6-10-21(20)23)22(25)18-11-13-19(14-12-18)24-15-17-7-3-2-4-8-17/h2-14,16,24H,15H2,1H3. The molecule has 0 amide bonds. The van der Waals surface area contributed by atoms with Crippen molar-refractivity contribution in [3.63, 3.8) is 0 Å². The van der Waals surface area contributed by atoms with E-state index >= 15 is 0 Å². The van der Waals surface area contributed by atoms with Crippen LogP contribution >= 0.6 is 0 Å². The van der Waals surface area contributed by atoms with Crippen LogP contribution in [-0.2, 0) is 6.54 Å². The fraction of sp³-hybridized carbons (Fsp3) is 0.136. The van der Waals surface area contributed by atoms with Gasteiger partial charge >= 0.3 is 0 Å². The van der Waals surface area contributed by atoms with Gasteiger partial charge in [-0.2, -0.15) is 0 Å². The predicted molar refractivity (Wildman–Crippen MR) is 99.4 cm³/mol. The number of carbonyl (C=O) groups is 1. The summed E-state index contributed by atoms with van der Waals surface area (Å²) in [6.07, 6.45) is 0. The van der Waals surface area contributed by atoms with Crippen LogP contribution in [0.25, 0.3) is 0 Å². The molecule has 1 unspecified atom stereocenters. The summed E-state index contributed by atoms with van der Waals surface area (Å²) < 4.78 is 13.9. The normalized spacial score (nSPS) is 11.8. The third-order valence-electron chi connectivity index (χ3n) is 4.27. The highest BCUT2D eigenvalue weighted by Gasteiger charge is 2.19. The average molecular weight is 333 g/mol. The van der Waals surface area contributed by atoms with Crippen LogP contribution < -0.4 is 5.32 Å². The number of benzene rings is 3. The Hall–Kier alpha value is -2.94. The van der Waals surface area contributed by atoms with E-state index in [0.29, 0.717) is 11.1 Å². The van der Waals surface area contributed by atoms with E-state index < -0.39 is 5.92 Å². The van der Waals surface area contributed by atoms with E-state index in [0.717, 1.165) is 12.2 Å². The number of ketones is 1. The molecule has 0 fully saturated rings. The fourth-order valence-corrected chi connectivity index (χ4v) is 2.77. The number of anilines is 1. The summed E-state index contributed by atoms with van der Waals surface area (Å²) in [5, 5.41) is 3.33. The van der Waals surface area contributed by atoms with Gasteiger partial charge in [0.2, 0.25) is 0 Å². The van der Waals surface area contributed by atoms with Gasteiger partial charge in [0.25, 0.3) is 0 Å². The highest BCUT2D eigenvalue weighted by molar-refractivity contribution is 6.01. The molecule has 0 bridgehead atoms. The molecule has 3 aromatic carbocycles. The Morgan fingerprint density at radius 2 is 1.56 bits per heavy atom. The van der Waals surface area contributed by atoms with Gasteiger partial charge in [-0.3, -0.25) is 4.79 Å². The molecule has 0 spiro atoms. The molecule has 1 N–H and O–H groups in total. The second kappa shape index (κ2) is 7.75. The summed E-state index contributed by atoms with van der Waals surface area (Å²) >= 11 is 0. The molecule has 3 rings (SSSR count). The van der Waals surface area contributed by atoms with Crippen molar-refractivity contribution in [2.75, 3.05) is 5.32 Å². The van der Waals surface area contributed by atoms with E-state index in [1.54, 1.807) is 37.3 Å². The van der Waals surface area contributed by atoms with Crippen LogP contribution in [0.5, 0.6) is 0 Å². The van der Waals surface area contributed by atoms with Crippen molar-refractivity contribution in [3.05, 3.63) is 101 Å². The zero-order valence-electron chi connectivity index (χ0n) is 14.1. The summed E-state index contributed by atoms with van der Waals surface area (Å²) in [5.41, 5.74) is 3.15. The minimum Gasteiger partial charge on any atom is -0.381 e. The molecule has 3 aromatic rings. The summed E-state index contributed by atoms with van der Waals surface area (Å²) in [6, 6.07) is 23.9. The van der Waals surface area contributed by atoms with E-state index in [9.17, 15) is 9.18 Å². The molecule has 0 aliphatic carbocycles. The molecule has 0 radical (unpaired) electrons. The number of nitrogens with one attached hydrogen (secondary N) is 1. The minimum absolute atomic E-state index is 0.0836. The number of hydrogen-bond acceptors (Lipinski definition) is 2. The van der Waals surface area contributed by atoms with E-state index in [-0.39, 0.29) is 11.6 Å². The topological polar surface area (TPSA) is 29.1 Å². The lowest BCUT2D eigenvalue weighted by atomic mass is 9.92. The van der Waals surface area contributed by atoms with E-state index in [4.69, 9.17) is 0 Å². The van der Waals surface area contributed by atoms with E-state index in [1.165, 1.54) is 11.6 Å². The lowest BCUT2D eigenvalue weighted by Gasteiger charge is -2.13. The first kappa shape index (κ1) is 16.9. The Labute approximate surface area is 147 Å². The zero-order chi connectivity index (χ0) is 17.6. The van der Waals surface area contributed by atoms with Gasteiger partial charge in [0, 0.05) is 23.7 Å². The maximum atomic E-state index is 13.9. The van der Waals surface area contributed by atoms with Crippen LogP contribution in [0.4, 0.5) is 10.1 Å². The van der Waals surface area contributed by atoms with Crippen LogP contribution in [0.2, 0.25) is 0 Å². The number of carbonyl (C=O) groups excluding carboxylic acids is 1. The van der Waals surface area contributed by atoms with Crippen molar-refractivity contribution < 1.29 is 9.18 Å². The van der Waals surface area contributed by atoms with Gasteiger partial charge in [-0.25, -0.2) is 4.39 Å². The fourth-order valence-electron chi connectivity index (χ4n) is 2.77. The van der Waals surface area contributed by atoms with Crippen molar-refractivity contribution in [2.45, 2.75) is 19.4 Å². The molecule has 0 aromatic heterocycles. The third kappa shape index (κ3) is 4.13. The zero-order valence-corrected chi connectivity index (χ0v) is 14.1. The van der Waals surface area contributed by atoms with Gasteiger partial charge in [0.05, 0.1) is 0 Å². The SMILES string of the molecule is CC(C(=O)c1ccc(NCc2ccccc2)cc1)c1ccccc1F. The van der Waals surface area contributed by atoms with Gasteiger partial charge in [-0.05, 0) is 41.5 Å². The quantitative estimate of drug-likeness (QED) is 0.610. The highest BCUT2D eigenvalue weighted by atomic mass is 19.1. The molecular formula is C22H20FNO. The lowest BCUT2D eigenvalue weighted by molar-refractivity contribution is 0.0964. The first-order valence-corrected chi connectivity index (χ1v) is 8.31. The number of halogens is 1. The Bertz CT molecular complexity index is 843. The summed E-state index contributed by atoms with van der Waals surface area (Å²) in [7, 11) is 0. The molecule has 25 heavy (non-hydrogen) atoms. The number of rotatable bonds is 6. The molecule has 0 heterocycles. The average Bonchev–Trinajstić information content (AvgIpc) is 2.67. The van der Waals surface area contributed by atoms with Crippen LogP contribution in [0.3, 0.4) is 0 Å². The second-order valence-electron chi connectivity index (χ2n) is 6.02. The van der Waals surface area contributed by atoms with Crippen molar-refractivity contribution in [1.82, 2.24) is 0 Å². The monoisotopic (exact) mass is 333 g/mol. The molecule has 0 saturated heterocycles. The van der Waals surface area contributed by atoms with Crippen LogP contribution in [0.1, 0.15) is 34.3 Å². The molecule has 0 aliphatic heterocycles. The van der Waals surface area contributed by atoms with Crippen molar-refractivity contribution in [1.29, 1.82) is 0 Å². The Morgan fingerprint density at radius 1 is 0.920 bits per heavy atom. The largest absolute Gasteiger partial charge is 0.381 e. The first-order chi connectivity index (χ1) is 12.1. The maximum Gasteiger partial charge on any atom is 0.170 e. The molecule has 2 nitrogen and oxygen atoms in total.